The Labute approximate surface area is 111 Å². The second-order valence-corrected chi connectivity index (χ2v) is 6.21. The molecule has 4 heteroatoms. The van der Waals surface area contributed by atoms with Gasteiger partial charge >= 0.3 is 0 Å². The van der Waals surface area contributed by atoms with Crippen molar-refractivity contribution in [1.29, 1.82) is 0 Å². The van der Waals surface area contributed by atoms with Crippen molar-refractivity contribution < 1.29 is 5.11 Å². The van der Waals surface area contributed by atoms with Gasteiger partial charge in [-0.1, -0.05) is 30.1 Å². The molecule has 2 atom stereocenters. The molecule has 1 fully saturated rings. The Morgan fingerprint density at radius 3 is 3.00 bits per heavy atom. The minimum atomic E-state index is 0.0327. The first-order valence-corrected chi connectivity index (χ1v) is 6.70. The van der Waals surface area contributed by atoms with Gasteiger partial charge in [-0.15, -0.1) is 0 Å². The van der Waals surface area contributed by atoms with Gasteiger partial charge in [0.25, 0.3) is 0 Å². The van der Waals surface area contributed by atoms with Crippen LogP contribution in [0.2, 0.25) is 10.0 Å². The highest BCUT2D eigenvalue weighted by Gasteiger charge is 2.41. The van der Waals surface area contributed by atoms with Crippen molar-refractivity contribution in [3.63, 3.8) is 0 Å². The molecule has 1 saturated heterocycles. The van der Waals surface area contributed by atoms with Crippen LogP contribution in [0.5, 0.6) is 5.75 Å². The zero-order valence-corrected chi connectivity index (χ0v) is 11.2. The normalized spacial score (nSPS) is 31.1. The summed E-state index contributed by atoms with van der Waals surface area (Å²) in [5.41, 5.74) is 2.37. The molecule has 3 rings (SSSR count). The minimum absolute atomic E-state index is 0.0327. The number of benzene rings is 1. The highest BCUT2D eigenvalue weighted by molar-refractivity contribution is 6.37. The monoisotopic (exact) mass is 271 g/mol. The van der Waals surface area contributed by atoms with Crippen LogP contribution in [0.15, 0.2) is 6.07 Å². The summed E-state index contributed by atoms with van der Waals surface area (Å²) < 4.78 is 0. The van der Waals surface area contributed by atoms with E-state index in [4.69, 9.17) is 23.2 Å². The van der Waals surface area contributed by atoms with Crippen molar-refractivity contribution in [2.45, 2.75) is 37.6 Å². The summed E-state index contributed by atoms with van der Waals surface area (Å²) in [7, 11) is 0. The molecule has 1 aliphatic carbocycles. The molecule has 92 valence electrons. The van der Waals surface area contributed by atoms with Crippen LogP contribution in [0.3, 0.4) is 0 Å². The van der Waals surface area contributed by atoms with Gasteiger partial charge in [0.15, 0.2) is 5.75 Å². The number of hydrogen-bond donors (Lipinski definition) is 2. The molecule has 1 aromatic carbocycles. The number of phenols is 1. The van der Waals surface area contributed by atoms with Crippen molar-refractivity contribution in [2.24, 2.45) is 0 Å². The van der Waals surface area contributed by atoms with E-state index in [0.29, 0.717) is 16.1 Å². The summed E-state index contributed by atoms with van der Waals surface area (Å²) in [5, 5.41) is 14.2. The molecule has 2 N–H and O–H groups in total. The Morgan fingerprint density at radius 2 is 2.24 bits per heavy atom. The third-order valence-electron chi connectivity index (χ3n) is 4.15. The van der Waals surface area contributed by atoms with Gasteiger partial charge in [-0.3, -0.25) is 0 Å². The lowest BCUT2D eigenvalue weighted by Gasteiger charge is -2.45. The predicted molar refractivity (Wildman–Crippen MR) is 70.2 cm³/mol. The van der Waals surface area contributed by atoms with Gasteiger partial charge in [0.1, 0.15) is 0 Å². The Bertz CT molecular complexity index is 489. The van der Waals surface area contributed by atoms with Gasteiger partial charge in [-0.25, -0.2) is 0 Å². The fraction of sp³-hybridized carbons (Fsp3) is 0.538. The molecule has 0 spiro atoms. The first kappa shape index (κ1) is 11.6. The van der Waals surface area contributed by atoms with Crippen LogP contribution in [0.25, 0.3) is 0 Å². The largest absolute Gasteiger partial charge is 0.505 e. The van der Waals surface area contributed by atoms with E-state index in [1.54, 1.807) is 0 Å². The maximum atomic E-state index is 9.89. The molecule has 2 bridgehead atoms. The molecule has 2 nitrogen and oxygen atoms in total. The molecular formula is C13H15Cl2NO. The number of piperidine rings is 1. The van der Waals surface area contributed by atoms with E-state index in [1.807, 2.05) is 6.07 Å². The van der Waals surface area contributed by atoms with Crippen LogP contribution in [-0.4, -0.2) is 17.7 Å². The number of halogens is 2. The average molecular weight is 272 g/mol. The van der Waals surface area contributed by atoms with Gasteiger partial charge in [-0.2, -0.15) is 0 Å². The summed E-state index contributed by atoms with van der Waals surface area (Å²) in [6.07, 6.45) is 3.09. The second-order valence-electron chi connectivity index (χ2n) is 5.43. The SMILES string of the molecule is C[C@@]12CCN[C@@H](Cc3cc(Cl)c(O)c(Cl)c31)C2. The number of hydrogen-bond acceptors (Lipinski definition) is 2. The van der Waals surface area contributed by atoms with E-state index < -0.39 is 0 Å². The third kappa shape index (κ3) is 1.66. The molecule has 0 radical (unpaired) electrons. The van der Waals surface area contributed by atoms with Gasteiger partial charge in [0, 0.05) is 6.04 Å². The van der Waals surface area contributed by atoms with Gasteiger partial charge in [0.2, 0.25) is 0 Å². The number of phenolic OH excluding ortho intramolecular Hbond substituents is 1. The maximum absolute atomic E-state index is 9.89. The van der Waals surface area contributed by atoms with Crippen molar-refractivity contribution in [3.8, 4) is 5.75 Å². The van der Waals surface area contributed by atoms with Crippen molar-refractivity contribution in [1.82, 2.24) is 5.32 Å². The maximum Gasteiger partial charge on any atom is 0.153 e. The molecule has 0 saturated carbocycles. The van der Waals surface area contributed by atoms with Gasteiger partial charge in [0.05, 0.1) is 10.0 Å². The molecule has 0 amide bonds. The highest BCUT2D eigenvalue weighted by atomic mass is 35.5. The zero-order chi connectivity index (χ0) is 12.2. The van der Waals surface area contributed by atoms with Crippen LogP contribution in [0.4, 0.5) is 0 Å². The summed E-state index contributed by atoms with van der Waals surface area (Å²) in [6, 6.07) is 2.38. The van der Waals surface area contributed by atoms with Crippen LogP contribution >= 0.6 is 23.2 Å². The Kier molecular flexibility index (Phi) is 2.58. The third-order valence-corrected chi connectivity index (χ3v) is 4.81. The zero-order valence-electron chi connectivity index (χ0n) is 9.69. The smallest absolute Gasteiger partial charge is 0.153 e. The van der Waals surface area contributed by atoms with E-state index in [1.165, 1.54) is 5.56 Å². The van der Waals surface area contributed by atoms with Gasteiger partial charge in [-0.05, 0) is 48.4 Å². The number of rotatable bonds is 0. The lowest BCUT2D eigenvalue weighted by Crippen LogP contribution is -2.49. The van der Waals surface area contributed by atoms with Crippen molar-refractivity contribution in [2.75, 3.05) is 6.54 Å². The fourth-order valence-electron chi connectivity index (χ4n) is 3.38. The number of aromatic hydroxyl groups is 1. The minimum Gasteiger partial charge on any atom is -0.505 e. The van der Waals surface area contributed by atoms with Crippen LogP contribution in [-0.2, 0) is 11.8 Å². The van der Waals surface area contributed by atoms with E-state index in [9.17, 15) is 5.11 Å². The first-order chi connectivity index (χ1) is 8.01. The summed E-state index contributed by atoms with van der Waals surface area (Å²) in [5.74, 6) is 0.0327. The topological polar surface area (TPSA) is 32.3 Å². The summed E-state index contributed by atoms with van der Waals surface area (Å²) >= 11 is 12.3. The standard InChI is InChI=1S/C13H15Cl2NO/c1-13-2-3-16-8(6-13)4-7-5-9(14)12(17)11(15)10(7)13/h5,8,16-17H,2-4,6H2,1H3/t8-,13-/m0/s1. The van der Waals surface area contributed by atoms with Crippen molar-refractivity contribution >= 4 is 23.2 Å². The van der Waals surface area contributed by atoms with Gasteiger partial charge < -0.3 is 10.4 Å². The molecule has 0 aromatic heterocycles. The van der Waals surface area contributed by atoms with Crippen molar-refractivity contribution in [3.05, 3.63) is 27.2 Å². The van der Waals surface area contributed by atoms with Crippen LogP contribution in [0.1, 0.15) is 30.9 Å². The predicted octanol–water partition coefficient (Wildman–Crippen LogP) is 3.26. The quantitative estimate of drug-likeness (QED) is 0.759. The summed E-state index contributed by atoms with van der Waals surface area (Å²) in [4.78, 5) is 0. The van der Waals surface area contributed by atoms with E-state index >= 15 is 0 Å². The average Bonchev–Trinajstić information content (AvgIpc) is 2.24. The van der Waals surface area contributed by atoms with E-state index in [-0.39, 0.29) is 11.2 Å². The first-order valence-electron chi connectivity index (χ1n) is 5.95. The molecule has 1 aromatic rings. The number of nitrogens with one attached hydrogen (secondary N) is 1. The molecule has 1 heterocycles. The lowest BCUT2D eigenvalue weighted by molar-refractivity contribution is 0.249. The Hall–Kier alpha value is -0.440. The Morgan fingerprint density at radius 1 is 1.47 bits per heavy atom. The molecule has 17 heavy (non-hydrogen) atoms. The van der Waals surface area contributed by atoms with Crippen LogP contribution in [0, 0.1) is 0 Å². The highest BCUT2D eigenvalue weighted by Crippen LogP contribution is 2.49. The fourth-order valence-corrected chi connectivity index (χ4v) is 4.10. The lowest BCUT2D eigenvalue weighted by atomic mass is 9.65. The molecular weight excluding hydrogens is 257 g/mol. The molecule has 0 unspecified atom stereocenters. The van der Waals surface area contributed by atoms with E-state index in [0.717, 1.165) is 31.4 Å². The second kappa shape index (κ2) is 3.78. The summed E-state index contributed by atoms with van der Waals surface area (Å²) in [6.45, 7) is 3.25. The number of fused-ring (bicyclic) bond motifs is 4. The molecule has 2 aliphatic rings. The van der Waals surface area contributed by atoms with Crippen LogP contribution < -0.4 is 5.32 Å². The van der Waals surface area contributed by atoms with E-state index in [2.05, 4.69) is 12.2 Å². The molecule has 1 aliphatic heterocycles. The Balaban J connectivity index is 2.24.